The summed E-state index contributed by atoms with van der Waals surface area (Å²) in [6, 6.07) is 0. The molecule has 0 fully saturated rings. The van der Waals surface area contributed by atoms with Crippen LogP contribution in [0.4, 0.5) is 0 Å². The van der Waals surface area contributed by atoms with Gasteiger partial charge in [-0.15, -0.1) is 0 Å². The smallest absolute Gasteiger partial charge is 0.281 e. The summed E-state index contributed by atoms with van der Waals surface area (Å²) in [5.74, 6) is 0. The normalized spacial score (nSPS) is 12.7. The highest BCUT2D eigenvalue weighted by Crippen LogP contribution is 2.07. The van der Waals surface area contributed by atoms with E-state index in [2.05, 4.69) is 0 Å². The maximum absolute atomic E-state index is 12.0. The molecular weight excluding hydrogens is 214 g/mol. The molecule has 0 saturated carbocycles. The Hall–Kier alpha value is -0.170. The van der Waals surface area contributed by atoms with Crippen LogP contribution in [0.25, 0.3) is 0 Å². The van der Waals surface area contributed by atoms with Gasteiger partial charge in [-0.3, -0.25) is 0 Å². The average Bonchev–Trinajstić information content (AvgIpc) is 2.21. The molecule has 0 aliphatic carbocycles. The van der Waals surface area contributed by atoms with E-state index in [1.165, 1.54) is 8.61 Å². The monoisotopic (exact) mass is 237 g/mol. The fourth-order valence-corrected chi connectivity index (χ4v) is 2.81. The molecule has 0 unspecified atom stereocenters. The SMILES string of the molecule is CCCN(CC)S(=O)(=O)N(C)CCCN. The van der Waals surface area contributed by atoms with Crippen LogP contribution in [0, 0.1) is 0 Å². The molecule has 0 heterocycles. The van der Waals surface area contributed by atoms with Crippen LogP contribution in [0.1, 0.15) is 26.7 Å². The van der Waals surface area contributed by atoms with Gasteiger partial charge in [0.15, 0.2) is 0 Å². The molecule has 0 aliphatic rings. The summed E-state index contributed by atoms with van der Waals surface area (Å²) in [4.78, 5) is 0. The van der Waals surface area contributed by atoms with Crippen molar-refractivity contribution in [1.82, 2.24) is 8.61 Å². The van der Waals surface area contributed by atoms with Gasteiger partial charge in [-0.25, -0.2) is 0 Å². The second-order valence-corrected chi connectivity index (χ2v) is 5.50. The van der Waals surface area contributed by atoms with Gasteiger partial charge in [-0.2, -0.15) is 17.0 Å². The summed E-state index contributed by atoms with van der Waals surface area (Å²) in [5.41, 5.74) is 5.35. The van der Waals surface area contributed by atoms with Gasteiger partial charge < -0.3 is 5.73 Å². The van der Waals surface area contributed by atoms with Crippen molar-refractivity contribution in [3.05, 3.63) is 0 Å². The van der Waals surface area contributed by atoms with Gasteiger partial charge >= 0.3 is 0 Å². The van der Waals surface area contributed by atoms with Gasteiger partial charge in [-0.05, 0) is 19.4 Å². The summed E-state index contributed by atoms with van der Waals surface area (Å²) in [5, 5.41) is 0. The lowest BCUT2D eigenvalue weighted by atomic mass is 10.4. The first-order valence-electron chi connectivity index (χ1n) is 5.42. The lowest BCUT2D eigenvalue weighted by Crippen LogP contribution is -2.42. The van der Waals surface area contributed by atoms with Crippen LogP contribution < -0.4 is 5.73 Å². The third-order valence-corrected chi connectivity index (χ3v) is 4.29. The first-order valence-corrected chi connectivity index (χ1v) is 6.81. The summed E-state index contributed by atoms with van der Waals surface area (Å²) < 4.78 is 26.8. The fraction of sp³-hybridized carbons (Fsp3) is 1.00. The van der Waals surface area contributed by atoms with E-state index in [4.69, 9.17) is 5.73 Å². The molecule has 0 aromatic heterocycles. The molecule has 0 atom stereocenters. The number of hydrogen-bond acceptors (Lipinski definition) is 3. The molecule has 0 radical (unpaired) electrons. The summed E-state index contributed by atoms with van der Waals surface area (Å²) in [7, 11) is -1.67. The van der Waals surface area contributed by atoms with Gasteiger partial charge in [0.25, 0.3) is 10.2 Å². The van der Waals surface area contributed by atoms with E-state index in [-0.39, 0.29) is 0 Å². The van der Waals surface area contributed by atoms with Gasteiger partial charge in [0.2, 0.25) is 0 Å². The molecule has 0 aromatic carbocycles. The van der Waals surface area contributed by atoms with E-state index in [0.717, 1.165) is 6.42 Å². The second-order valence-electron chi connectivity index (χ2n) is 3.46. The topological polar surface area (TPSA) is 66.6 Å². The molecule has 6 heteroatoms. The molecule has 5 nitrogen and oxygen atoms in total. The van der Waals surface area contributed by atoms with Gasteiger partial charge in [0.1, 0.15) is 0 Å². The molecule has 92 valence electrons. The molecule has 0 rings (SSSR count). The lowest BCUT2D eigenvalue weighted by molar-refractivity contribution is 0.366. The van der Waals surface area contributed by atoms with Crippen LogP contribution in [0.15, 0.2) is 0 Å². The molecule has 0 amide bonds. The van der Waals surface area contributed by atoms with Crippen molar-refractivity contribution < 1.29 is 8.42 Å². The molecule has 15 heavy (non-hydrogen) atoms. The number of hydrogen-bond donors (Lipinski definition) is 1. The quantitative estimate of drug-likeness (QED) is 0.658. The van der Waals surface area contributed by atoms with E-state index in [0.29, 0.717) is 32.6 Å². The van der Waals surface area contributed by atoms with Crippen LogP contribution >= 0.6 is 0 Å². The third-order valence-electron chi connectivity index (χ3n) is 2.22. The van der Waals surface area contributed by atoms with E-state index in [1.807, 2.05) is 13.8 Å². The minimum Gasteiger partial charge on any atom is -0.330 e. The first-order chi connectivity index (χ1) is 7.00. The highest BCUT2D eigenvalue weighted by molar-refractivity contribution is 7.86. The van der Waals surface area contributed by atoms with Crippen LogP contribution in [-0.2, 0) is 10.2 Å². The molecule has 0 aromatic rings. The summed E-state index contributed by atoms with van der Waals surface area (Å²) >= 11 is 0. The zero-order chi connectivity index (χ0) is 11.9. The van der Waals surface area contributed by atoms with Crippen LogP contribution in [0.5, 0.6) is 0 Å². The number of nitrogens with zero attached hydrogens (tertiary/aromatic N) is 2. The van der Waals surface area contributed by atoms with Crippen molar-refractivity contribution in [2.75, 3.05) is 33.2 Å². The zero-order valence-electron chi connectivity index (χ0n) is 9.94. The number of rotatable bonds is 8. The number of nitrogens with two attached hydrogens (primary N) is 1. The maximum atomic E-state index is 12.0. The molecule has 0 bridgehead atoms. The lowest BCUT2D eigenvalue weighted by Gasteiger charge is -2.26. The van der Waals surface area contributed by atoms with Crippen molar-refractivity contribution in [2.45, 2.75) is 26.7 Å². The van der Waals surface area contributed by atoms with E-state index >= 15 is 0 Å². The molecule has 0 spiro atoms. The van der Waals surface area contributed by atoms with Crippen molar-refractivity contribution in [1.29, 1.82) is 0 Å². The average molecular weight is 237 g/mol. The predicted molar refractivity (Wildman–Crippen MR) is 62.8 cm³/mol. The maximum Gasteiger partial charge on any atom is 0.281 e. The van der Waals surface area contributed by atoms with Crippen LogP contribution in [-0.4, -0.2) is 50.3 Å². The zero-order valence-corrected chi connectivity index (χ0v) is 10.8. The van der Waals surface area contributed by atoms with Gasteiger partial charge in [0.05, 0.1) is 0 Å². The van der Waals surface area contributed by atoms with E-state index < -0.39 is 10.2 Å². The van der Waals surface area contributed by atoms with Crippen molar-refractivity contribution in [3.63, 3.8) is 0 Å². The fourth-order valence-electron chi connectivity index (χ4n) is 1.31. The largest absolute Gasteiger partial charge is 0.330 e. The van der Waals surface area contributed by atoms with E-state index in [1.54, 1.807) is 7.05 Å². The minimum atomic E-state index is -3.27. The Labute approximate surface area is 93.4 Å². The highest BCUT2D eigenvalue weighted by Gasteiger charge is 2.24. The van der Waals surface area contributed by atoms with Crippen molar-refractivity contribution in [3.8, 4) is 0 Å². The summed E-state index contributed by atoms with van der Waals surface area (Å²) in [6.45, 7) is 5.91. The van der Waals surface area contributed by atoms with Gasteiger partial charge in [-0.1, -0.05) is 13.8 Å². The Balaban J connectivity index is 4.48. The first kappa shape index (κ1) is 14.8. The van der Waals surface area contributed by atoms with Crippen molar-refractivity contribution in [2.24, 2.45) is 5.73 Å². The molecule has 0 saturated heterocycles. The Morgan fingerprint density at radius 3 is 2.20 bits per heavy atom. The third kappa shape index (κ3) is 4.46. The Kier molecular flexibility index (Phi) is 7.08. The van der Waals surface area contributed by atoms with E-state index in [9.17, 15) is 8.42 Å². The second kappa shape index (κ2) is 7.16. The Morgan fingerprint density at radius 1 is 1.20 bits per heavy atom. The highest BCUT2D eigenvalue weighted by atomic mass is 32.2. The van der Waals surface area contributed by atoms with Crippen LogP contribution in [0.3, 0.4) is 0 Å². The molecular formula is C9H23N3O2S. The summed E-state index contributed by atoms with van der Waals surface area (Å²) in [6.07, 6.45) is 1.53. The van der Waals surface area contributed by atoms with Crippen molar-refractivity contribution >= 4 is 10.2 Å². The Bertz CT molecular complexity index is 254. The standard InChI is InChI=1S/C9H23N3O2S/c1-4-8-12(5-2)15(13,14)11(3)9-6-7-10/h4-10H2,1-3H3. The molecule has 0 aliphatic heterocycles. The predicted octanol–water partition coefficient (Wildman–Crippen LogP) is 0.244. The van der Waals surface area contributed by atoms with Gasteiger partial charge in [0, 0.05) is 26.7 Å². The van der Waals surface area contributed by atoms with Crippen LogP contribution in [0.2, 0.25) is 0 Å². The minimum absolute atomic E-state index is 0.485. The molecule has 2 N–H and O–H groups in total. The Morgan fingerprint density at radius 2 is 1.80 bits per heavy atom.